The second-order valence-corrected chi connectivity index (χ2v) is 5.96. The van der Waals surface area contributed by atoms with Gasteiger partial charge in [-0.1, -0.05) is 5.16 Å². The normalized spacial score (nSPS) is 27.4. The molecule has 1 amide bonds. The molecule has 22 heavy (non-hydrogen) atoms. The SMILES string of the molecule is Cc1noc([C@H]2C[C@H]3CN(C(=O)c4ccc(C)o4)C[C@H]3O2)n1. The minimum Gasteiger partial charge on any atom is -0.456 e. The van der Waals surface area contributed by atoms with E-state index < -0.39 is 0 Å². The van der Waals surface area contributed by atoms with Crippen molar-refractivity contribution < 1.29 is 18.5 Å². The van der Waals surface area contributed by atoms with Crippen LogP contribution in [0.1, 0.15) is 40.6 Å². The molecule has 2 aliphatic rings. The number of carbonyl (C=O) groups excluding carboxylic acids is 1. The Kier molecular flexibility index (Phi) is 3.04. The largest absolute Gasteiger partial charge is 0.456 e. The number of hydrogen-bond donors (Lipinski definition) is 0. The van der Waals surface area contributed by atoms with Crippen molar-refractivity contribution >= 4 is 5.91 Å². The molecular weight excluding hydrogens is 286 g/mol. The first-order chi connectivity index (χ1) is 10.6. The summed E-state index contributed by atoms with van der Waals surface area (Å²) in [6.45, 7) is 4.86. The Balaban J connectivity index is 1.42. The molecule has 0 aromatic carbocycles. The lowest BCUT2D eigenvalue weighted by Gasteiger charge is -2.17. The number of nitrogens with zero attached hydrogens (tertiary/aromatic N) is 3. The quantitative estimate of drug-likeness (QED) is 0.842. The Morgan fingerprint density at radius 1 is 1.32 bits per heavy atom. The minimum atomic E-state index is -0.153. The predicted molar refractivity (Wildman–Crippen MR) is 74.1 cm³/mol. The van der Waals surface area contributed by atoms with Crippen molar-refractivity contribution in [2.45, 2.75) is 32.5 Å². The summed E-state index contributed by atoms with van der Waals surface area (Å²) >= 11 is 0. The highest BCUT2D eigenvalue weighted by Gasteiger charge is 2.45. The van der Waals surface area contributed by atoms with Crippen LogP contribution in [-0.4, -0.2) is 40.1 Å². The molecule has 116 valence electrons. The molecule has 4 heterocycles. The molecule has 0 aliphatic carbocycles. The molecule has 2 fully saturated rings. The Labute approximate surface area is 127 Å². The summed E-state index contributed by atoms with van der Waals surface area (Å²) < 4.78 is 16.6. The first-order valence-corrected chi connectivity index (χ1v) is 7.41. The molecular formula is C15H17N3O4. The van der Waals surface area contributed by atoms with Crippen molar-refractivity contribution in [1.29, 1.82) is 0 Å². The number of fused-ring (bicyclic) bond motifs is 1. The second kappa shape index (κ2) is 4.95. The summed E-state index contributed by atoms with van der Waals surface area (Å²) in [6.07, 6.45) is 0.671. The molecule has 0 N–H and O–H groups in total. The summed E-state index contributed by atoms with van der Waals surface area (Å²) in [5.41, 5.74) is 0. The van der Waals surface area contributed by atoms with Crippen LogP contribution < -0.4 is 0 Å². The van der Waals surface area contributed by atoms with Crippen LogP contribution >= 0.6 is 0 Å². The lowest BCUT2D eigenvalue weighted by Crippen LogP contribution is -2.30. The number of amides is 1. The highest BCUT2D eigenvalue weighted by molar-refractivity contribution is 5.91. The molecule has 3 atom stereocenters. The fourth-order valence-corrected chi connectivity index (χ4v) is 3.24. The average molecular weight is 303 g/mol. The fraction of sp³-hybridized carbons (Fsp3) is 0.533. The summed E-state index contributed by atoms with van der Waals surface area (Å²) in [4.78, 5) is 18.4. The van der Waals surface area contributed by atoms with Gasteiger partial charge in [-0.3, -0.25) is 4.79 Å². The zero-order valence-corrected chi connectivity index (χ0v) is 12.5. The molecule has 2 aliphatic heterocycles. The topological polar surface area (TPSA) is 81.6 Å². The van der Waals surface area contributed by atoms with E-state index in [0.29, 0.717) is 36.5 Å². The van der Waals surface area contributed by atoms with E-state index in [-0.39, 0.29) is 18.1 Å². The van der Waals surface area contributed by atoms with Gasteiger partial charge in [0.25, 0.3) is 11.8 Å². The van der Waals surface area contributed by atoms with Crippen molar-refractivity contribution in [1.82, 2.24) is 15.0 Å². The molecule has 2 saturated heterocycles. The molecule has 2 aromatic heterocycles. The van der Waals surface area contributed by atoms with Gasteiger partial charge in [0.1, 0.15) is 11.9 Å². The first kappa shape index (κ1) is 13.5. The number of ether oxygens (including phenoxy) is 1. The van der Waals surface area contributed by atoms with Gasteiger partial charge in [0.05, 0.1) is 6.10 Å². The van der Waals surface area contributed by atoms with E-state index in [1.165, 1.54) is 0 Å². The van der Waals surface area contributed by atoms with Gasteiger partial charge in [-0.2, -0.15) is 4.98 Å². The maximum atomic E-state index is 12.4. The number of rotatable bonds is 2. The fourth-order valence-electron chi connectivity index (χ4n) is 3.24. The molecule has 7 heteroatoms. The second-order valence-electron chi connectivity index (χ2n) is 5.96. The minimum absolute atomic E-state index is 0.0252. The zero-order valence-electron chi connectivity index (χ0n) is 12.5. The van der Waals surface area contributed by atoms with Gasteiger partial charge in [-0.05, 0) is 32.4 Å². The molecule has 4 rings (SSSR count). The van der Waals surface area contributed by atoms with Gasteiger partial charge in [0, 0.05) is 19.0 Å². The van der Waals surface area contributed by atoms with E-state index in [4.69, 9.17) is 13.7 Å². The number of likely N-dealkylation sites (tertiary alicyclic amines) is 1. The molecule has 0 spiro atoms. The van der Waals surface area contributed by atoms with E-state index in [1.807, 2.05) is 6.92 Å². The third kappa shape index (κ3) is 2.21. The Hall–Kier alpha value is -2.15. The molecule has 0 radical (unpaired) electrons. The van der Waals surface area contributed by atoms with Crippen LogP contribution in [-0.2, 0) is 4.74 Å². The van der Waals surface area contributed by atoms with E-state index in [0.717, 1.165) is 12.2 Å². The number of aryl methyl sites for hydroxylation is 2. The van der Waals surface area contributed by atoms with Crippen molar-refractivity contribution in [2.24, 2.45) is 5.92 Å². The van der Waals surface area contributed by atoms with Crippen molar-refractivity contribution in [3.05, 3.63) is 35.4 Å². The third-order valence-corrected chi connectivity index (χ3v) is 4.29. The van der Waals surface area contributed by atoms with Crippen molar-refractivity contribution in [3.63, 3.8) is 0 Å². The maximum absolute atomic E-state index is 12.4. The van der Waals surface area contributed by atoms with E-state index in [2.05, 4.69) is 10.1 Å². The number of hydrogen-bond acceptors (Lipinski definition) is 6. The lowest BCUT2D eigenvalue weighted by molar-refractivity contribution is 0.0195. The van der Waals surface area contributed by atoms with Crippen molar-refractivity contribution in [3.8, 4) is 0 Å². The summed E-state index contributed by atoms with van der Waals surface area (Å²) in [6, 6.07) is 3.52. The average Bonchev–Trinajstić information content (AvgIpc) is 3.19. The number of furan rings is 1. The molecule has 2 aromatic rings. The van der Waals surface area contributed by atoms with Crippen LogP contribution in [0.25, 0.3) is 0 Å². The molecule has 0 saturated carbocycles. The van der Waals surface area contributed by atoms with Crippen LogP contribution in [0, 0.1) is 19.8 Å². The monoisotopic (exact) mass is 303 g/mol. The van der Waals surface area contributed by atoms with Gasteiger partial charge in [-0.25, -0.2) is 0 Å². The van der Waals surface area contributed by atoms with Crippen LogP contribution in [0.4, 0.5) is 0 Å². The predicted octanol–water partition coefficient (Wildman–Crippen LogP) is 1.88. The number of aromatic nitrogens is 2. The Morgan fingerprint density at radius 2 is 2.18 bits per heavy atom. The smallest absolute Gasteiger partial charge is 0.289 e. The summed E-state index contributed by atoms with van der Waals surface area (Å²) in [7, 11) is 0. The van der Waals surface area contributed by atoms with Gasteiger partial charge in [0.15, 0.2) is 11.6 Å². The standard InChI is InChI=1S/C15H17N3O4/c1-8-3-4-11(20-8)15(19)18-6-10-5-12(21-13(10)7-18)14-16-9(2)17-22-14/h3-4,10,12-13H,5-7H2,1-2H3/t10-,12+,13+/m0/s1. The zero-order chi connectivity index (χ0) is 15.3. The van der Waals surface area contributed by atoms with Crippen LogP contribution in [0.5, 0.6) is 0 Å². The summed E-state index contributed by atoms with van der Waals surface area (Å²) in [5.74, 6) is 2.51. The lowest BCUT2D eigenvalue weighted by atomic mass is 10.0. The molecule has 0 bridgehead atoms. The maximum Gasteiger partial charge on any atom is 0.289 e. The van der Waals surface area contributed by atoms with Crippen LogP contribution in [0.3, 0.4) is 0 Å². The van der Waals surface area contributed by atoms with Gasteiger partial charge in [0.2, 0.25) is 0 Å². The van der Waals surface area contributed by atoms with Crippen molar-refractivity contribution in [2.75, 3.05) is 13.1 Å². The number of carbonyl (C=O) groups is 1. The third-order valence-electron chi connectivity index (χ3n) is 4.29. The van der Waals surface area contributed by atoms with E-state index in [1.54, 1.807) is 24.0 Å². The van der Waals surface area contributed by atoms with Gasteiger partial charge in [-0.15, -0.1) is 0 Å². The first-order valence-electron chi connectivity index (χ1n) is 7.41. The van der Waals surface area contributed by atoms with E-state index in [9.17, 15) is 4.79 Å². The highest BCUT2D eigenvalue weighted by Crippen LogP contribution is 2.40. The van der Waals surface area contributed by atoms with E-state index >= 15 is 0 Å². The Morgan fingerprint density at radius 3 is 2.82 bits per heavy atom. The van der Waals surface area contributed by atoms with Crippen LogP contribution in [0.15, 0.2) is 21.1 Å². The van der Waals surface area contributed by atoms with Gasteiger partial charge >= 0.3 is 0 Å². The summed E-state index contributed by atoms with van der Waals surface area (Å²) in [5, 5.41) is 3.80. The molecule has 0 unspecified atom stereocenters. The van der Waals surface area contributed by atoms with Gasteiger partial charge < -0.3 is 18.6 Å². The highest BCUT2D eigenvalue weighted by atomic mass is 16.5. The molecule has 7 nitrogen and oxygen atoms in total. The Bertz CT molecular complexity index is 693. The van der Waals surface area contributed by atoms with Crippen LogP contribution in [0.2, 0.25) is 0 Å².